The number of thiazole rings is 1. The van der Waals surface area contributed by atoms with Gasteiger partial charge in [-0.3, -0.25) is 0 Å². The van der Waals surface area contributed by atoms with Crippen LogP contribution in [0.25, 0.3) is 11.3 Å². The number of hydrogen-bond donors (Lipinski definition) is 1. The summed E-state index contributed by atoms with van der Waals surface area (Å²) in [5, 5.41) is 5.18. The molecule has 1 heterocycles. The van der Waals surface area contributed by atoms with Gasteiger partial charge in [0.1, 0.15) is 0 Å². The largest absolute Gasteiger partial charge is 0.417 e. The Kier molecular flexibility index (Phi) is 4.61. The minimum absolute atomic E-state index is 0.0936. The average molecular weight is 302 g/mol. The van der Waals surface area contributed by atoms with Gasteiger partial charge in [-0.2, -0.15) is 13.2 Å². The van der Waals surface area contributed by atoms with E-state index < -0.39 is 11.7 Å². The third-order valence-electron chi connectivity index (χ3n) is 2.60. The first-order valence-electron chi connectivity index (χ1n) is 5.87. The van der Waals surface area contributed by atoms with E-state index in [2.05, 4.69) is 10.3 Å². The molecular formula is C13H13F3N2OS. The molecule has 0 saturated carbocycles. The third-order valence-corrected chi connectivity index (χ3v) is 3.40. The highest BCUT2D eigenvalue weighted by Gasteiger charge is 2.33. The molecule has 2 aromatic rings. The Morgan fingerprint density at radius 2 is 2.05 bits per heavy atom. The van der Waals surface area contributed by atoms with Crippen molar-refractivity contribution >= 4 is 16.5 Å². The van der Waals surface area contributed by atoms with Gasteiger partial charge in [0.2, 0.25) is 0 Å². The molecule has 0 fully saturated rings. The van der Waals surface area contributed by atoms with Gasteiger partial charge in [0.25, 0.3) is 0 Å². The standard InChI is InChI=1S/C13H13F3N2OS/c1-19-7-6-17-12-18-11(8-20-12)9-4-2-3-5-10(9)13(14,15)16/h2-5,8H,6-7H2,1H3,(H,17,18). The molecule has 1 aromatic carbocycles. The first kappa shape index (κ1) is 14.8. The Hall–Kier alpha value is -1.60. The Labute approximate surface area is 118 Å². The third kappa shape index (κ3) is 3.49. The van der Waals surface area contributed by atoms with E-state index in [9.17, 15) is 13.2 Å². The number of benzene rings is 1. The molecule has 1 N–H and O–H groups in total. The van der Waals surface area contributed by atoms with E-state index in [1.165, 1.54) is 23.5 Å². The SMILES string of the molecule is COCCNc1nc(-c2ccccc2C(F)(F)F)cs1. The molecule has 0 atom stereocenters. The van der Waals surface area contributed by atoms with Gasteiger partial charge >= 0.3 is 6.18 Å². The molecule has 7 heteroatoms. The van der Waals surface area contributed by atoms with Gasteiger partial charge in [-0.1, -0.05) is 18.2 Å². The lowest BCUT2D eigenvalue weighted by molar-refractivity contribution is -0.137. The number of hydrogen-bond acceptors (Lipinski definition) is 4. The molecule has 3 nitrogen and oxygen atoms in total. The maximum atomic E-state index is 12.9. The van der Waals surface area contributed by atoms with E-state index in [0.717, 1.165) is 6.07 Å². The fourth-order valence-electron chi connectivity index (χ4n) is 1.69. The van der Waals surface area contributed by atoms with Crippen LogP contribution in [0.15, 0.2) is 29.6 Å². The van der Waals surface area contributed by atoms with Gasteiger partial charge in [-0.05, 0) is 6.07 Å². The van der Waals surface area contributed by atoms with Crippen molar-refractivity contribution in [2.75, 3.05) is 25.6 Å². The van der Waals surface area contributed by atoms with Crippen LogP contribution in [0.2, 0.25) is 0 Å². The lowest BCUT2D eigenvalue weighted by Crippen LogP contribution is -2.08. The number of alkyl halides is 3. The Balaban J connectivity index is 2.24. The Morgan fingerprint density at radius 1 is 1.30 bits per heavy atom. The fourth-order valence-corrected chi connectivity index (χ4v) is 2.43. The molecule has 20 heavy (non-hydrogen) atoms. The van der Waals surface area contributed by atoms with Crippen LogP contribution in [-0.2, 0) is 10.9 Å². The van der Waals surface area contributed by atoms with Crippen LogP contribution < -0.4 is 5.32 Å². The normalized spacial score (nSPS) is 11.6. The summed E-state index contributed by atoms with van der Waals surface area (Å²) in [6.07, 6.45) is -4.39. The average Bonchev–Trinajstić information content (AvgIpc) is 2.87. The molecule has 0 spiro atoms. The van der Waals surface area contributed by atoms with Gasteiger partial charge in [-0.15, -0.1) is 11.3 Å². The number of halogens is 3. The smallest absolute Gasteiger partial charge is 0.383 e. The number of ether oxygens (including phenoxy) is 1. The molecule has 0 bridgehead atoms. The molecular weight excluding hydrogens is 289 g/mol. The van der Waals surface area contributed by atoms with E-state index in [1.54, 1.807) is 18.6 Å². The summed E-state index contributed by atoms with van der Waals surface area (Å²) < 4.78 is 43.7. The highest BCUT2D eigenvalue weighted by atomic mass is 32.1. The summed E-state index contributed by atoms with van der Waals surface area (Å²) in [5.74, 6) is 0. The number of rotatable bonds is 5. The van der Waals surface area contributed by atoms with Crippen molar-refractivity contribution in [1.29, 1.82) is 0 Å². The van der Waals surface area contributed by atoms with Crippen LogP contribution in [0.1, 0.15) is 5.56 Å². The van der Waals surface area contributed by atoms with Crippen LogP contribution in [0.4, 0.5) is 18.3 Å². The zero-order valence-corrected chi connectivity index (χ0v) is 11.5. The van der Waals surface area contributed by atoms with E-state index in [0.29, 0.717) is 24.0 Å². The zero-order chi connectivity index (χ0) is 14.6. The van der Waals surface area contributed by atoms with Crippen molar-refractivity contribution < 1.29 is 17.9 Å². The first-order valence-corrected chi connectivity index (χ1v) is 6.75. The van der Waals surface area contributed by atoms with Gasteiger partial charge in [0.05, 0.1) is 17.9 Å². The Morgan fingerprint density at radius 3 is 2.75 bits per heavy atom. The van der Waals surface area contributed by atoms with Gasteiger partial charge < -0.3 is 10.1 Å². The maximum Gasteiger partial charge on any atom is 0.417 e. The van der Waals surface area contributed by atoms with Crippen LogP contribution in [0, 0.1) is 0 Å². The van der Waals surface area contributed by atoms with Crippen LogP contribution in [-0.4, -0.2) is 25.2 Å². The monoisotopic (exact) mass is 302 g/mol. The molecule has 0 aliphatic carbocycles. The molecule has 1 aromatic heterocycles. The molecule has 108 valence electrons. The predicted octanol–water partition coefficient (Wildman–Crippen LogP) is 3.89. The summed E-state index contributed by atoms with van der Waals surface area (Å²) in [6, 6.07) is 5.43. The van der Waals surface area contributed by atoms with Crippen molar-refractivity contribution in [2.24, 2.45) is 0 Å². The highest BCUT2D eigenvalue weighted by molar-refractivity contribution is 7.14. The van der Waals surface area contributed by atoms with Crippen LogP contribution in [0.5, 0.6) is 0 Å². The summed E-state index contributed by atoms with van der Waals surface area (Å²) in [4.78, 5) is 4.18. The minimum atomic E-state index is -4.39. The second-order valence-electron chi connectivity index (χ2n) is 4.00. The number of methoxy groups -OCH3 is 1. The number of aromatic nitrogens is 1. The number of nitrogens with zero attached hydrogens (tertiary/aromatic N) is 1. The van der Waals surface area contributed by atoms with E-state index in [1.807, 2.05) is 0 Å². The fraction of sp³-hybridized carbons (Fsp3) is 0.308. The highest BCUT2D eigenvalue weighted by Crippen LogP contribution is 2.37. The summed E-state index contributed by atoms with van der Waals surface area (Å²) in [5.41, 5.74) is -0.257. The second kappa shape index (κ2) is 6.23. The molecule has 0 saturated heterocycles. The Bertz CT molecular complexity index is 569. The topological polar surface area (TPSA) is 34.1 Å². The zero-order valence-electron chi connectivity index (χ0n) is 10.7. The minimum Gasteiger partial charge on any atom is -0.383 e. The number of nitrogens with one attached hydrogen (secondary N) is 1. The molecule has 0 unspecified atom stereocenters. The lowest BCUT2D eigenvalue weighted by atomic mass is 10.1. The van der Waals surface area contributed by atoms with Crippen molar-refractivity contribution in [1.82, 2.24) is 4.98 Å². The predicted molar refractivity (Wildman–Crippen MR) is 72.9 cm³/mol. The lowest BCUT2D eigenvalue weighted by Gasteiger charge is -2.10. The van der Waals surface area contributed by atoms with Crippen molar-refractivity contribution in [3.05, 3.63) is 35.2 Å². The van der Waals surface area contributed by atoms with Crippen LogP contribution in [0.3, 0.4) is 0 Å². The van der Waals surface area contributed by atoms with Crippen molar-refractivity contribution in [3.63, 3.8) is 0 Å². The van der Waals surface area contributed by atoms with Crippen molar-refractivity contribution in [2.45, 2.75) is 6.18 Å². The summed E-state index contributed by atoms with van der Waals surface area (Å²) in [7, 11) is 1.58. The summed E-state index contributed by atoms with van der Waals surface area (Å²) >= 11 is 1.27. The van der Waals surface area contributed by atoms with Gasteiger partial charge in [-0.25, -0.2) is 4.98 Å². The molecule has 0 aliphatic rings. The maximum absolute atomic E-state index is 12.9. The van der Waals surface area contributed by atoms with E-state index >= 15 is 0 Å². The molecule has 0 amide bonds. The molecule has 0 aliphatic heterocycles. The molecule has 2 rings (SSSR count). The first-order chi connectivity index (χ1) is 9.52. The second-order valence-corrected chi connectivity index (χ2v) is 4.86. The van der Waals surface area contributed by atoms with E-state index in [-0.39, 0.29) is 5.56 Å². The number of anilines is 1. The van der Waals surface area contributed by atoms with Gasteiger partial charge in [0.15, 0.2) is 5.13 Å². The quantitative estimate of drug-likeness (QED) is 0.851. The van der Waals surface area contributed by atoms with E-state index in [4.69, 9.17) is 4.74 Å². The molecule has 0 radical (unpaired) electrons. The van der Waals surface area contributed by atoms with Crippen molar-refractivity contribution in [3.8, 4) is 11.3 Å². The van der Waals surface area contributed by atoms with Gasteiger partial charge in [0, 0.05) is 24.6 Å². The summed E-state index contributed by atoms with van der Waals surface area (Å²) in [6.45, 7) is 1.07. The van der Waals surface area contributed by atoms with Crippen LogP contribution >= 0.6 is 11.3 Å².